The number of rotatable bonds is 4. The fourth-order valence-electron chi connectivity index (χ4n) is 2.75. The van der Waals surface area contributed by atoms with Gasteiger partial charge in [-0.2, -0.15) is 0 Å². The second-order valence-corrected chi connectivity index (χ2v) is 5.64. The van der Waals surface area contributed by atoms with Gasteiger partial charge in [0.2, 0.25) is 0 Å². The minimum Gasteiger partial charge on any atom is -0.313 e. The van der Waals surface area contributed by atoms with Crippen molar-refractivity contribution in [3.8, 4) is 0 Å². The average molecular weight is 246 g/mol. The van der Waals surface area contributed by atoms with E-state index in [-0.39, 0.29) is 0 Å². The van der Waals surface area contributed by atoms with Crippen LogP contribution in [0.5, 0.6) is 0 Å². The summed E-state index contributed by atoms with van der Waals surface area (Å²) in [7, 11) is 0. The molecule has 1 heterocycles. The molecule has 1 aromatic carbocycles. The van der Waals surface area contributed by atoms with Crippen molar-refractivity contribution < 1.29 is 0 Å². The van der Waals surface area contributed by atoms with Crippen LogP contribution in [0.25, 0.3) is 0 Å². The van der Waals surface area contributed by atoms with Gasteiger partial charge in [-0.15, -0.1) is 0 Å². The van der Waals surface area contributed by atoms with Gasteiger partial charge < -0.3 is 10.6 Å². The lowest BCUT2D eigenvalue weighted by Gasteiger charge is -2.26. The summed E-state index contributed by atoms with van der Waals surface area (Å²) in [4.78, 5) is 0. The summed E-state index contributed by atoms with van der Waals surface area (Å²) in [5.41, 5.74) is 4.17. The second-order valence-electron chi connectivity index (χ2n) is 5.64. The summed E-state index contributed by atoms with van der Waals surface area (Å²) in [6.45, 7) is 8.90. The quantitative estimate of drug-likeness (QED) is 0.853. The first-order valence-corrected chi connectivity index (χ1v) is 7.21. The number of piperidine rings is 1. The number of aryl methyl sites for hydroxylation is 2. The molecule has 1 fully saturated rings. The summed E-state index contributed by atoms with van der Waals surface area (Å²) in [5.74, 6) is 0. The van der Waals surface area contributed by atoms with E-state index >= 15 is 0 Å². The Hall–Kier alpha value is -0.860. The van der Waals surface area contributed by atoms with Crippen LogP contribution in [-0.4, -0.2) is 19.1 Å². The van der Waals surface area contributed by atoms with Crippen molar-refractivity contribution in [3.63, 3.8) is 0 Å². The normalized spacial score (nSPS) is 21.8. The molecular weight excluding hydrogens is 220 g/mol. The van der Waals surface area contributed by atoms with Gasteiger partial charge in [0.15, 0.2) is 0 Å². The number of hydrogen-bond acceptors (Lipinski definition) is 2. The van der Waals surface area contributed by atoms with E-state index in [0.29, 0.717) is 12.1 Å². The maximum atomic E-state index is 3.67. The summed E-state index contributed by atoms with van der Waals surface area (Å²) < 4.78 is 0. The minimum atomic E-state index is 0.439. The van der Waals surface area contributed by atoms with Gasteiger partial charge in [0, 0.05) is 18.6 Å². The minimum absolute atomic E-state index is 0.439. The van der Waals surface area contributed by atoms with Crippen molar-refractivity contribution in [3.05, 3.63) is 34.9 Å². The molecule has 100 valence electrons. The Morgan fingerprint density at radius 3 is 2.89 bits per heavy atom. The maximum absolute atomic E-state index is 3.67. The zero-order valence-corrected chi connectivity index (χ0v) is 11.9. The fourth-order valence-corrected chi connectivity index (χ4v) is 2.75. The molecule has 2 nitrogen and oxygen atoms in total. The molecule has 2 unspecified atom stereocenters. The first-order valence-electron chi connectivity index (χ1n) is 7.21. The molecule has 2 rings (SSSR count). The van der Waals surface area contributed by atoms with Crippen LogP contribution in [0.1, 0.15) is 48.9 Å². The largest absolute Gasteiger partial charge is 0.313 e. The average Bonchev–Trinajstić information content (AvgIpc) is 2.40. The first-order chi connectivity index (χ1) is 8.66. The Bertz CT molecular complexity index is 381. The summed E-state index contributed by atoms with van der Waals surface area (Å²) in [6.07, 6.45) is 4.02. The second kappa shape index (κ2) is 6.35. The van der Waals surface area contributed by atoms with Gasteiger partial charge in [-0.1, -0.05) is 30.2 Å². The van der Waals surface area contributed by atoms with E-state index in [1.54, 1.807) is 0 Å². The molecule has 2 N–H and O–H groups in total. The molecular formula is C16H26N2. The molecule has 0 saturated carbocycles. The lowest BCUT2D eigenvalue weighted by Crippen LogP contribution is -2.42. The Balaban J connectivity index is 1.90. The molecule has 0 aromatic heterocycles. The molecule has 0 spiro atoms. The van der Waals surface area contributed by atoms with Crippen LogP contribution in [-0.2, 0) is 0 Å². The van der Waals surface area contributed by atoms with Crippen LogP contribution in [0.2, 0.25) is 0 Å². The third kappa shape index (κ3) is 3.56. The highest BCUT2D eigenvalue weighted by Gasteiger charge is 2.14. The molecule has 0 bridgehead atoms. The smallest absolute Gasteiger partial charge is 0.0295 e. The van der Waals surface area contributed by atoms with Gasteiger partial charge in [-0.05, 0) is 51.3 Å². The number of hydrogen-bond donors (Lipinski definition) is 2. The van der Waals surface area contributed by atoms with Gasteiger partial charge in [-0.3, -0.25) is 0 Å². The molecule has 0 aliphatic carbocycles. The fraction of sp³-hybridized carbons (Fsp3) is 0.625. The van der Waals surface area contributed by atoms with E-state index in [9.17, 15) is 0 Å². The Morgan fingerprint density at radius 1 is 1.33 bits per heavy atom. The third-order valence-corrected chi connectivity index (χ3v) is 3.98. The van der Waals surface area contributed by atoms with Crippen molar-refractivity contribution in [2.24, 2.45) is 0 Å². The third-order valence-electron chi connectivity index (χ3n) is 3.98. The summed E-state index contributed by atoms with van der Waals surface area (Å²) in [5, 5.41) is 7.26. The summed E-state index contributed by atoms with van der Waals surface area (Å²) in [6, 6.07) is 7.82. The van der Waals surface area contributed by atoms with Crippen LogP contribution < -0.4 is 10.6 Å². The Kier molecular flexibility index (Phi) is 4.79. The monoisotopic (exact) mass is 246 g/mol. The highest BCUT2D eigenvalue weighted by molar-refractivity contribution is 5.32. The van der Waals surface area contributed by atoms with E-state index < -0.39 is 0 Å². The molecule has 0 radical (unpaired) electrons. The van der Waals surface area contributed by atoms with Gasteiger partial charge >= 0.3 is 0 Å². The van der Waals surface area contributed by atoms with Gasteiger partial charge in [0.05, 0.1) is 0 Å². The van der Waals surface area contributed by atoms with Crippen molar-refractivity contribution >= 4 is 0 Å². The van der Waals surface area contributed by atoms with Gasteiger partial charge in [0.1, 0.15) is 0 Å². The van der Waals surface area contributed by atoms with Crippen LogP contribution in [0.15, 0.2) is 18.2 Å². The van der Waals surface area contributed by atoms with E-state index in [1.807, 2.05) is 0 Å². The summed E-state index contributed by atoms with van der Waals surface area (Å²) >= 11 is 0. The number of nitrogens with one attached hydrogen (secondary N) is 2. The van der Waals surface area contributed by atoms with E-state index in [4.69, 9.17) is 0 Å². The molecule has 1 aromatic rings. The topological polar surface area (TPSA) is 24.1 Å². The first kappa shape index (κ1) is 13.6. The molecule has 0 amide bonds. The van der Waals surface area contributed by atoms with Crippen LogP contribution in [0.3, 0.4) is 0 Å². The Morgan fingerprint density at radius 2 is 2.17 bits per heavy atom. The molecule has 2 heteroatoms. The zero-order valence-electron chi connectivity index (χ0n) is 11.9. The van der Waals surface area contributed by atoms with E-state index in [2.05, 4.69) is 49.6 Å². The van der Waals surface area contributed by atoms with Crippen molar-refractivity contribution in [2.75, 3.05) is 13.1 Å². The zero-order chi connectivity index (χ0) is 13.0. The van der Waals surface area contributed by atoms with E-state index in [0.717, 1.165) is 6.54 Å². The predicted octanol–water partition coefficient (Wildman–Crippen LogP) is 3.10. The van der Waals surface area contributed by atoms with Gasteiger partial charge in [-0.25, -0.2) is 0 Å². The Labute approximate surface area is 111 Å². The lowest BCUT2D eigenvalue weighted by atomic mass is 9.99. The lowest BCUT2D eigenvalue weighted by molar-refractivity contribution is 0.371. The van der Waals surface area contributed by atoms with Gasteiger partial charge in [0.25, 0.3) is 0 Å². The highest BCUT2D eigenvalue weighted by Crippen LogP contribution is 2.19. The molecule has 2 atom stereocenters. The standard InChI is InChI=1S/C16H26N2/c1-12-7-8-13(2)16(10-12)14(3)18-11-15-6-4-5-9-17-15/h7-8,10,14-15,17-18H,4-6,9,11H2,1-3H3. The van der Waals surface area contributed by atoms with Crippen LogP contribution in [0.4, 0.5) is 0 Å². The van der Waals surface area contributed by atoms with Crippen molar-refractivity contribution in [2.45, 2.75) is 52.1 Å². The molecule has 18 heavy (non-hydrogen) atoms. The van der Waals surface area contributed by atoms with Crippen molar-refractivity contribution in [1.29, 1.82) is 0 Å². The van der Waals surface area contributed by atoms with Crippen LogP contribution >= 0.6 is 0 Å². The molecule has 1 saturated heterocycles. The van der Waals surface area contributed by atoms with Crippen molar-refractivity contribution in [1.82, 2.24) is 10.6 Å². The maximum Gasteiger partial charge on any atom is 0.0295 e. The molecule has 1 aliphatic heterocycles. The molecule has 1 aliphatic rings. The van der Waals surface area contributed by atoms with Crippen LogP contribution in [0, 0.1) is 13.8 Å². The predicted molar refractivity (Wildman–Crippen MR) is 78.0 cm³/mol. The highest BCUT2D eigenvalue weighted by atomic mass is 15.0. The SMILES string of the molecule is Cc1ccc(C)c(C(C)NCC2CCCCN2)c1. The number of benzene rings is 1. The van der Waals surface area contributed by atoms with E-state index in [1.165, 1.54) is 42.5 Å².